The Labute approximate surface area is 105 Å². The Morgan fingerprint density at radius 3 is 2.89 bits per heavy atom. The molecule has 1 amide bonds. The highest BCUT2D eigenvalue weighted by atomic mass is 16.2. The molecule has 1 aliphatic rings. The zero-order valence-electron chi connectivity index (χ0n) is 10.0. The number of amides is 1. The number of carbonyl (C=O) groups is 1. The number of carbonyl (C=O) groups excluding carboxylic acids is 1. The molecule has 0 aliphatic carbocycles. The van der Waals surface area contributed by atoms with Crippen LogP contribution in [0.3, 0.4) is 0 Å². The number of nitrogens with zero attached hydrogens (tertiary/aromatic N) is 4. The molecule has 3 heterocycles. The van der Waals surface area contributed by atoms with Gasteiger partial charge in [0.05, 0.1) is 17.6 Å². The van der Waals surface area contributed by atoms with Crippen molar-refractivity contribution in [1.29, 1.82) is 0 Å². The van der Waals surface area contributed by atoms with Crippen LogP contribution < -0.4 is 0 Å². The molecule has 0 saturated carbocycles. The van der Waals surface area contributed by atoms with Gasteiger partial charge in [0.15, 0.2) is 0 Å². The summed E-state index contributed by atoms with van der Waals surface area (Å²) < 4.78 is 0. The zero-order valence-corrected chi connectivity index (χ0v) is 10.0. The fraction of sp³-hybridized carbons (Fsp3) is 0.385. The van der Waals surface area contributed by atoms with Gasteiger partial charge in [-0.3, -0.25) is 9.78 Å². The summed E-state index contributed by atoms with van der Waals surface area (Å²) in [4.78, 5) is 18.1. The molecule has 2 aromatic heterocycles. The Kier molecular flexibility index (Phi) is 2.88. The molecule has 0 unspecified atom stereocenters. The molecule has 0 atom stereocenters. The topological polar surface area (TPSA) is 59.0 Å². The molecule has 5 nitrogen and oxygen atoms in total. The lowest BCUT2D eigenvalue weighted by Crippen LogP contribution is -2.29. The van der Waals surface area contributed by atoms with Crippen LogP contribution in [0.2, 0.25) is 0 Å². The SMILES string of the molecule is O=C(Cc1cc2ncccc2nn1)N1CCCC1. The maximum Gasteiger partial charge on any atom is 0.228 e. The van der Waals surface area contributed by atoms with Gasteiger partial charge >= 0.3 is 0 Å². The maximum atomic E-state index is 12.0. The van der Waals surface area contributed by atoms with E-state index in [1.54, 1.807) is 6.20 Å². The molecule has 0 bridgehead atoms. The van der Waals surface area contributed by atoms with E-state index in [0.717, 1.165) is 37.0 Å². The van der Waals surface area contributed by atoms with E-state index in [4.69, 9.17) is 0 Å². The molecule has 0 N–H and O–H groups in total. The highest BCUT2D eigenvalue weighted by Crippen LogP contribution is 2.12. The first kappa shape index (κ1) is 11.1. The smallest absolute Gasteiger partial charge is 0.228 e. The van der Waals surface area contributed by atoms with E-state index < -0.39 is 0 Å². The Hall–Kier alpha value is -2.04. The molecule has 1 aliphatic heterocycles. The van der Waals surface area contributed by atoms with Gasteiger partial charge in [0.25, 0.3) is 0 Å². The number of hydrogen-bond acceptors (Lipinski definition) is 4. The second-order valence-electron chi connectivity index (χ2n) is 4.51. The van der Waals surface area contributed by atoms with Gasteiger partial charge in [-0.15, -0.1) is 5.10 Å². The van der Waals surface area contributed by atoms with E-state index in [1.165, 1.54) is 0 Å². The van der Waals surface area contributed by atoms with Crippen molar-refractivity contribution < 1.29 is 4.79 Å². The van der Waals surface area contributed by atoms with Crippen molar-refractivity contribution >= 4 is 16.9 Å². The van der Waals surface area contributed by atoms with E-state index in [0.29, 0.717) is 12.1 Å². The van der Waals surface area contributed by atoms with Crippen LogP contribution in [0, 0.1) is 0 Å². The molecular weight excluding hydrogens is 228 g/mol. The molecule has 1 fully saturated rings. The summed E-state index contributed by atoms with van der Waals surface area (Å²) in [5.41, 5.74) is 2.24. The van der Waals surface area contributed by atoms with E-state index in [-0.39, 0.29) is 5.91 Å². The molecule has 92 valence electrons. The summed E-state index contributed by atoms with van der Waals surface area (Å²) >= 11 is 0. The summed E-state index contributed by atoms with van der Waals surface area (Å²) in [6.45, 7) is 1.75. The highest BCUT2D eigenvalue weighted by Gasteiger charge is 2.18. The lowest BCUT2D eigenvalue weighted by molar-refractivity contribution is -0.129. The first-order valence-corrected chi connectivity index (χ1v) is 6.18. The van der Waals surface area contributed by atoms with Crippen LogP contribution >= 0.6 is 0 Å². The lowest BCUT2D eigenvalue weighted by atomic mass is 10.2. The van der Waals surface area contributed by atoms with Crippen molar-refractivity contribution in [2.24, 2.45) is 0 Å². The van der Waals surface area contributed by atoms with E-state index >= 15 is 0 Å². The Bertz CT molecular complexity index is 578. The molecule has 0 radical (unpaired) electrons. The summed E-state index contributed by atoms with van der Waals surface area (Å²) in [6, 6.07) is 5.53. The van der Waals surface area contributed by atoms with Crippen LogP contribution in [-0.2, 0) is 11.2 Å². The number of fused-ring (bicyclic) bond motifs is 1. The van der Waals surface area contributed by atoms with Crippen molar-refractivity contribution in [2.75, 3.05) is 13.1 Å². The predicted molar refractivity (Wildman–Crippen MR) is 66.9 cm³/mol. The lowest BCUT2D eigenvalue weighted by Gasteiger charge is -2.14. The third kappa shape index (κ3) is 2.16. The first-order valence-electron chi connectivity index (χ1n) is 6.18. The molecule has 0 aromatic carbocycles. The second kappa shape index (κ2) is 4.68. The first-order chi connectivity index (χ1) is 8.83. The van der Waals surface area contributed by atoms with Gasteiger partial charge in [-0.2, -0.15) is 5.10 Å². The predicted octanol–water partition coefficient (Wildman–Crippen LogP) is 1.19. The third-order valence-electron chi connectivity index (χ3n) is 3.20. The number of aromatic nitrogens is 3. The number of likely N-dealkylation sites (tertiary alicyclic amines) is 1. The molecule has 1 saturated heterocycles. The highest BCUT2D eigenvalue weighted by molar-refractivity contribution is 5.80. The van der Waals surface area contributed by atoms with Gasteiger partial charge in [0.2, 0.25) is 5.91 Å². The van der Waals surface area contributed by atoms with E-state index in [9.17, 15) is 4.79 Å². The van der Waals surface area contributed by atoms with Crippen LogP contribution in [0.4, 0.5) is 0 Å². The van der Waals surface area contributed by atoms with Gasteiger partial charge in [-0.1, -0.05) is 0 Å². The van der Waals surface area contributed by atoms with Crippen LogP contribution in [0.15, 0.2) is 24.4 Å². The average molecular weight is 242 g/mol. The number of hydrogen-bond donors (Lipinski definition) is 0. The van der Waals surface area contributed by atoms with Crippen LogP contribution in [0.1, 0.15) is 18.5 Å². The average Bonchev–Trinajstić information content (AvgIpc) is 2.92. The summed E-state index contributed by atoms with van der Waals surface area (Å²) in [5, 5.41) is 8.16. The second-order valence-corrected chi connectivity index (χ2v) is 4.51. The summed E-state index contributed by atoms with van der Waals surface area (Å²) in [7, 11) is 0. The van der Waals surface area contributed by atoms with Crippen molar-refractivity contribution in [1.82, 2.24) is 20.1 Å². The van der Waals surface area contributed by atoms with Crippen molar-refractivity contribution in [2.45, 2.75) is 19.3 Å². The Morgan fingerprint density at radius 1 is 1.22 bits per heavy atom. The van der Waals surface area contributed by atoms with Gasteiger partial charge in [-0.05, 0) is 31.0 Å². The standard InChI is InChI=1S/C13H14N4O/c18-13(17-6-1-2-7-17)9-10-8-12-11(16-15-10)4-3-5-14-12/h3-5,8H,1-2,6-7,9H2. The quantitative estimate of drug-likeness (QED) is 0.793. The molecule has 2 aromatic rings. The molecule has 18 heavy (non-hydrogen) atoms. The van der Waals surface area contributed by atoms with Gasteiger partial charge in [0.1, 0.15) is 5.52 Å². The van der Waals surface area contributed by atoms with E-state index in [2.05, 4.69) is 15.2 Å². The monoisotopic (exact) mass is 242 g/mol. The molecular formula is C13H14N4O. The van der Waals surface area contributed by atoms with Gasteiger partial charge in [-0.25, -0.2) is 0 Å². The molecule has 0 spiro atoms. The van der Waals surface area contributed by atoms with Crippen molar-refractivity contribution in [3.05, 3.63) is 30.1 Å². The van der Waals surface area contributed by atoms with Crippen LogP contribution in [-0.4, -0.2) is 39.1 Å². The summed E-state index contributed by atoms with van der Waals surface area (Å²) in [5.74, 6) is 0.136. The fourth-order valence-electron chi connectivity index (χ4n) is 2.23. The van der Waals surface area contributed by atoms with Gasteiger partial charge < -0.3 is 4.90 Å². The number of rotatable bonds is 2. The maximum absolute atomic E-state index is 12.0. The van der Waals surface area contributed by atoms with Crippen LogP contribution in [0.5, 0.6) is 0 Å². The van der Waals surface area contributed by atoms with Crippen molar-refractivity contribution in [3.63, 3.8) is 0 Å². The van der Waals surface area contributed by atoms with Crippen LogP contribution in [0.25, 0.3) is 11.0 Å². The summed E-state index contributed by atoms with van der Waals surface area (Å²) in [6.07, 6.45) is 4.25. The molecule has 5 heteroatoms. The molecule has 3 rings (SSSR count). The third-order valence-corrected chi connectivity index (χ3v) is 3.20. The Balaban J connectivity index is 1.79. The minimum absolute atomic E-state index is 0.136. The number of pyridine rings is 1. The van der Waals surface area contributed by atoms with E-state index in [1.807, 2.05) is 23.1 Å². The zero-order chi connectivity index (χ0) is 12.4. The normalized spacial score (nSPS) is 15.2. The Morgan fingerprint density at radius 2 is 2.06 bits per heavy atom. The minimum Gasteiger partial charge on any atom is -0.342 e. The largest absolute Gasteiger partial charge is 0.342 e. The van der Waals surface area contributed by atoms with Crippen molar-refractivity contribution in [3.8, 4) is 0 Å². The van der Waals surface area contributed by atoms with Gasteiger partial charge in [0, 0.05) is 19.3 Å². The minimum atomic E-state index is 0.136. The fourth-order valence-corrected chi connectivity index (χ4v) is 2.23.